The fourth-order valence-electron chi connectivity index (χ4n) is 1.86. The average molecular weight is 235 g/mol. The Bertz CT molecular complexity index is 338. The maximum Gasteiger partial charge on any atom is 0.119 e. The summed E-state index contributed by atoms with van der Waals surface area (Å²) >= 11 is 0. The molecule has 17 heavy (non-hydrogen) atoms. The molecule has 0 aliphatic rings. The molecule has 96 valence electrons. The molecule has 2 heteroatoms. The lowest BCUT2D eigenvalue weighted by molar-refractivity contribution is 0.261. The van der Waals surface area contributed by atoms with E-state index in [0.29, 0.717) is 0 Å². The van der Waals surface area contributed by atoms with Crippen LogP contribution < -0.4 is 10.5 Å². The summed E-state index contributed by atoms with van der Waals surface area (Å²) in [5, 5.41) is 0. The second-order valence-electron chi connectivity index (χ2n) is 5.64. The maximum absolute atomic E-state index is 5.77. The molecule has 0 saturated heterocycles. The highest BCUT2D eigenvalue weighted by atomic mass is 16.5. The van der Waals surface area contributed by atoms with Crippen molar-refractivity contribution in [2.45, 2.75) is 40.5 Å². The Morgan fingerprint density at radius 2 is 1.71 bits per heavy atom. The molecule has 0 fully saturated rings. The first-order chi connectivity index (χ1) is 7.93. The molecule has 0 aromatic heterocycles. The largest absolute Gasteiger partial charge is 0.494 e. The van der Waals surface area contributed by atoms with Gasteiger partial charge in [0.05, 0.1) is 6.61 Å². The van der Waals surface area contributed by atoms with Crippen molar-refractivity contribution < 1.29 is 4.74 Å². The van der Waals surface area contributed by atoms with Gasteiger partial charge < -0.3 is 10.5 Å². The predicted octanol–water partition coefficient (Wildman–Crippen LogP) is 3.45. The van der Waals surface area contributed by atoms with Crippen LogP contribution in [0.3, 0.4) is 0 Å². The quantitative estimate of drug-likeness (QED) is 0.766. The van der Waals surface area contributed by atoms with Gasteiger partial charge in [-0.05, 0) is 61.9 Å². The van der Waals surface area contributed by atoms with Crippen LogP contribution in [0.5, 0.6) is 5.75 Å². The van der Waals surface area contributed by atoms with Crippen LogP contribution in [-0.4, -0.2) is 13.2 Å². The topological polar surface area (TPSA) is 35.2 Å². The van der Waals surface area contributed by atoms with Gasteiger partial charge in [0.2, 0.25) is 0 Å². The van der Waals surface area contributed by atoms with Crippen molar-refractivity contribution in [2.24, 2.45) is 11.1 Å². The Kier molecular flexibility index (Phi) is 5.01. The van der Waals surface area contributed by atoms with E-state index in [0.717, 1.165) is 31.7 Å². The molecular formula is C15H25NO. The fourth-order valence-corrected chi connectivity index (χ4v) is 1.86. The van der Waals surface area contributed by atoms with E-state index in [1.54, 1.807) is 0 Å². The monoisotopic (exact) mass is 235 g/mol. The first kappa shape index (κ1) is 14.0. The number of rotatable bonds is 6. The summed E-state index contributed by atoms with van der Waals surface area (Å²) in [6.45, 7) is 10.1. The van der Waals surface area contributed by atoms with E-state index in [1.165, 1.54) is 11.1 Å². The number of benzene rings is 1. The smallest absolute Gasteiger partial charge is 0.119 e. The third-order valence-electron chi connectivity index (χ3n) is 3.01. The summed E-state index contributed by atoms with van der Waals surface area (Å²) in [5.41, 5.74) is 8.43. The molecular weight excluding hydrogens is 210 g/mol. The minimum Gasteiger partial charge on any atom is -0.494 e. The highest BCUT2D eigenvalue weighted by Crippen LogP contribution is 2.21. The second kappa shape index (κ2) is 6.06. The number of hydrogen-bond acceptors (Lipinski definition) is 2. The molecule has 0 amide bonds. The third-order valence-corrected chi connectivity index (χ3v) is 3.01. The second-order valence-corrected chi connectivity index (χ2v) is 5.64. The fraction of sp³-hybridized carbons (Fsp3) is 0.600. The Hall–Kier alpha value is -1.02. The maximum atomic E-state index is 5.77. The lowest BCUT2D eigenvalue weighted by atomic mass is 9.88. The van der Waals surface area contributed by atoms with Gasteiger partial charge in [-0.15, -0.1) is 0 Å². The van der Waals surface area contributed by atoms with Crippen LogP contribution in [0, 0.1) is 19.3 Å². The van der Waals surface area contributed by atoms with Gasteiger partial charge >= 0.3 is 0 Å². The van der Waals surface area contributed by atoms with Crippen molar-refractivity contribution in [3.8, 4) is 5.75 Å². The molecule has 0 atom stereocenters. The van der Waals surface area contributed by atoms with Crippen LogP contribution in [0.1, 0.15) is 37.8 Å². The van der Waals surface area contributed by atoms with E-state index in [9.17, 15) is 0 Å². The van der Waals surface area contributed by atoms with E-state index in [2.05, 4.69) is 45.9 Å². The van der Waals surface area contributed by atoms with E-state index < -0.39 is 0 Å². The molecule has 2 nitrogen and oxygen atoms in total. The van der Waals surface area contributed by atoms with E-state index >= 15 is 0 Å². The van der Waals surface area contributed by atoms with Crippen molar-refractivity contribution in [3.05, 3.63) is 29.3 Å². The zero-order valence-electron chi connectivity index (χ0n) is 11.5. The first-order valence-corrected chi connectivity index (χ1v) is 6.34. The molecule has 0 spiro atoms. The van der Waals surface area contributed by atoms with Gasteiger partial charge in [-0.2, -0.15) is 0 Å². The molecule has 0 saturated carbocycles. The number of ether oxygens (including phenoxy) is 1. The van der Waals surface area contributed by atoms with Gasteiger partial charge in [-0.1, -0.05) is 19.9 Å². The zero-order chi connectivity index (χ0) is 12.9. The van der Waals surface area contributed by atoms with E-state index in [-0.39, 0.29) is 5.41 Å². The van der Waals surface area contributed by atoms with Crippen LogP contribution in [0.2, 0.25) is 0 Å². The summed E-state index contributed by atoms with van der Waals surface area (Å²) in [7, 11) is 0. The molecule has 0 aliphatic heterocycles. The van der Waals surface area contributed by atoms with Gasteiger partial charge in [-0.3, -0.25) is 0 Å². The van der Waals surface area contributed by atoms with Crippen molar-refractivity contribution in [1.29, 1.82) is 0 Å². The summed E-state index contributed by atoms with van der Waals surface area (Å²) in [6, 6.07) is 6.33. The first-order valence-electron chi connectivity index (χ1n) is 6.34. The van der Waals surface area contributed by atoms with Crippen molar-refractivity contribution >= 4 is 0 Å². The summed E-state index contributed by atoms with van der Waals surface area (Å²) < 4.78 is 5.77. The Balaban J connectivity index is 2.36. The van der Waals surface area contributed by atoms with Crippen LogP contribution in [0.15, 0.2) is 18.2 Å². The van der Waals surface area contributed by atoms with Gasteiger partial charge in [0, 0.05) is 0 Å². The van der Waals surface area contributed by atoms with E-state index in [4.69, 9.17) is 10.5 Å². The highest BCUT2D eigenvalue weighted by molar-refractivity contribution is 5.32. The lowest BCUT2D eigenvalue weighted by Crippen LogP contribution is -2.23. The van der Waals surface area contributed by atoms with Crippen molar-refractivity contribution in [3.63, 3.8) is 0 Å². The molecule has 1 aromatic carbocycles. The van der Waals surface area contributed by atoms with Gasteiger partial charge in [0.15, 0.2) is 0 Å². The molecule has 0 heterocycles. The highest BCUT2D eigenvalue weighted by Gasteiger charge is 2.14. The van der Waals surface area contributed by atoms with Crippen LogP contribution >= 0.6 is 0 Å². The lowest BCUT2D eigenvalue weighted by Gasteiger charge is -2.21. The Morgan fingerprint density at radius 1 is 1.12 bits per heavy atom. The standard InChI is InChI=1S/C15H25NO/c1-12-8-13(2)10-14(9-12)17-7-5-6-15(3,4)11-16/h8-10H,5-7,11,16H2,1-4H3. The van der Waals surface area contributed by atoms with Crippen LogP contribution in [-0.2, 0) is 0 Å². The Morgan fingerprint density at radius 3 is 2.24 bits per heavy atom. The number of aryl methyl sites for hydroxylation is 2. The van der Waals surface area contributed by atoms with E-state index in [1.807, 2.05) is 0 Å². The summed E-state index contributed by atoms with van der Waals surface area (Å²) in [5.74, 6) is 0.980. The predicted molar refractivity (Wildman–Crippen MR) is 73.5 cm³/mol. The number of nitrogens with two attached hydrogens (primary N) is 1. The molecule has 0 radical (unpaired) electrons. The molecule has 1 aromatic rings. The average Bonchev–Trinajstić information content (AvgIpc) is 2.23. The van der Waals surface area contributed by atoms with Crippen molar-refractivity contribution in [2.75, 3.05) is 13.2 Å². The van der Waals surface area contributed by atoms with Crippen LogP contribution in [0.25, 0.3) is 0 Å². The van der Waals surface area contributed by atoms with Crippen molar-refractivity contribution in [1.82, 2.24) is 0 Å². The molecule has 0 aliphatic carbocycles. The number of hydrogen-bond donors (Lipinski definition) is 1. The summed E-state index contributed by atoms with van der Waals surface area (Å²) in [6.07, 6.45) is 2.16. The molecule has 0 bridgehead atoms. The molecule has 1 rings (SSSR count). The minimum absolute atomic E-state index is 0.228. The third kappa shape index (κ3) is 5.22. The van der Waals surface area contributed by atoms with Gasteiger partial charge in [-0.25, -0.2) is 0 Å². The minimum atomic E-state index is 0.228. The molecule has 0 unspecified atom stereocenters. The normalized spacial score (nSPS) is 11.6. The van der Waals surface area contributed by atoms with Gasteiger partial charge in [0.1, 0.15) is 5.75 Å². The van der Waals surface area contributed by atoms with Crippen LogP contribution in [0.4, 0.5) is 0 Å². The Labute approximate surface area is 105 Å². The van der Waals surface area contributed by atoms with Gasteiger partial charge in [0.25, 0.3) is 0 Å². The SMILES string of the molecule is Cc1cc(C)cc(OCCCC(C)(C)CN)c1. The summed E-state index contributed by atoms with van der Waals surface area (Å²) in [4.78, 5) is 0. The zero-order valence-corrected chi connectivity index (χ0v) is 11.5. The molecule has 2 N–H and O–H groups in total.